The van der Waals surface area contributed by atoms with Gasteiger partial charge in [0.15, 0.2) is 17.5 Å². The van der Waals surface area contributed by atoms with Crippen molar-refractivity contribution in [3.05, 3.63) is 34.7 Å². The van der Waals surface area contributed by atoms with E-state index in [1.807, 2.05) is 13.8 Å². The predicted molar refractivity (Wildman–Crippen MR) is 52.0 cm³/mol. The van der Waals surface area contributed by atoms with Gasteiger partial charge < -0.3 is 4.42 Å². The van der Waals surface area contributed by atoms with Gasteiger partial charge >= 0.3 is 0 Å². The molecule has 0 amide bonds. The van der Waals surface area contributed by atoms with Crippen molar-refractivity contribution in [2.45, 2.75) is 13.8 Å². The number of benzene rings is 1. The maximum Gasteiger partial charge on any atom is 0.298 e. The van der Waals surface area contributed by atoms with Crippen molar-refractivity contribution in [3.8, 4) is 0 Å². The fourth-order valence-electron chi connectivity index (χ4n) is 1.02. The van der Waals surface area contributed by atoms with Crippen LogP contribution in [0, 0.1) is 10.1 Å². The van der Waals surface area contributed by atoms with Gasteiger partial charge in [-0.3, -0.25) is 10.1 Å². The van der Waals surface area contributed by atoms with Crippen LogP contribution < -0.4 is 0 Å². The minimum atomic E-state index is -0.481. The first kappa shape index (κ1) is 10.2. The van der Waals surface area contributed by atoms with E-state index in [0.29, 0.717) is 11.1 Å². The smallest absolute Gasteiger partial charge is 0.298 e. The topological polar surface area (TPSA) is 69.2 Å². The highest BCUT2D eigenvalue weighted by molar-refractivity contribution is 5.82. The number of nitro groups is 1. The van der Waals surface area contributed by atoms with Crippen LogP contribution in [0.3, 0.4) is 0 Å². The summed E-state index contributed by atoms with van der Waals surface area (Å²) in [5, 5.41) is 10.4. The van der Waals surface area contributed by atoms with E-state index >= 15 is 0 Å². The number of para-hydroxylation sites is 1. The summed E-state index contributed by atoms with van der Waals surface area (Å²) in [7, 11) is 0. The second-order valence-electron chi connectivity index (χ2n) is 2.23. The molecule has 0 fully saturated rings. The number of hydrogen-bond acceptors (Lipinski definition) is 4. The van der Waals surface area contributed by atoms with Crippen molar-refractivity contribution in [2.75, 3.05) is 0 Å². The molecule has 1 heterocycles. The number of oxazole rings is 1. The van der Waals surface area contributed by atoms with E-state index in [9.17, 15) is 10.1 Å². The van der Waals surface area contributed by atoms with Crippen LogP contribution >= 0.6 is 0 Å². The van der Waals surface area contributed by atoms with Gasteiger partial charge in [0.25, 0.3) is 5.69 Å². The SMILES string of the molecule is CC.O=[N+]([O-])c1cccc2ocnc12. The van der Waals surface area contributed by atoms with Gasteiger partial charge in [0.1, 0.15) is 0 Å². The molecular weight excluding hydrogens is 184 g/mol. The summed E-state index contributed by atoms with van der Waals surface area (Å²) in [4.78, 5) is 13.7. The molecule has 5 heteroatoms. The maximum atomic E-state index is 10.4. The molecule has 2 aromatic rings. The third kappa shape index (κ3) is 1.71. The van der Waals surface area contributed by atoms with Crippen molar-refractivity contribution in [3.63, 3.8) is 0 Å². The number of aromatic nitrogens is 1. The minimum absolute atomic E-state index is 0.0266. The average Bonchev–Trinajstić information content (AvgIpc) is 2.67. The molecule has 0 atom stereocenters. The fourth-order valence-corrected chi connectivity index (χ4v) is 1.02. The van der Waals surface area contributed by atoms with Crippen LogP contribution in [0.4, 0.5) is 5.69 Å². The molecule has 0 radical (unpaired) electrons. The highest BCUT2D eigenvalue weighted by Crippen LogP contribution is 2.22. The van der Waals surface area contributed by atoms with Gasteiger partial charge in [-0.1, -0.05) is 19.9 Å². The molecule has 74 valence electrons. The molecule has 5 nitrogen and oxygen atoms in total. The van der Waals surface area contributed by atoms with Crippen LogP contribution in [0.25, 0.3) is 11.1 Å². The van der Waals surface area contributed by atoms with Crippen molar-refractivity contribution < 1.29 is 9.34 Å². The Morgan fingerprint density at radius 1 is 1.43 bits per heavy atom. The molecule has 0 saturated carbocycles. The number of rotatable bonds is 1. The molecule has 0 aliphatic rings. The molecule has 0 saturated heterocycles. The molecule has 1 aromatic heterocycles. The van der Waals surface area contributed by atoms with E-state index in [0.717, 1.165) is 0 Å². The zero-order valence-electron chi connectivity index (χ0n) is 7.93. The van der Waals surface area contributed by atoms with E-state index in [4.69, 9.17) is 4.42 Å². The van der Waals surface area contributed by atoms with Crippen molar-refractivity contribution in [1.82, 2.24) is 4.98 Å². The summed E-state index contributed by atoms with van der Waals surface area (Å²) in [5.74, 6) is 0. The summed E-state index contributed by atoms with van der Waals surface area (Å²) >= 11 is 0. The number of non-ortho nitro benzene ring substituents is 1. The summed E-state index contributed by atoms with van der Waals surface area (Å²) in [6.07, 6.45) is 1.19. The van der Waals surface area contributed by atoms with Gasteiger partial charge in [-0.25, -0.2) is 4.98 Å². The van der Waals surface area contributed by atoms with E-state index in [-0.39, 0.29) is 5.69 Å². The number of fused-ring (bicyclic) bond motifs is 1. The molecule has 0 aliphatic carbocycles. The Morgan fingerprint density at radius 3 is 2.79 bits per heavy atom. The quantitative estimate of drug-likeness (QED) is 0.517. The van der Waals surface area contributed by atoms with E-state index in [1.165, 1.54) is 12.5 Å². The summed E-state index contributed by atoms with van der Waals surface area (Å²) in [5.41, 5.74) is 0.702. The Morgan fingerprint density at radius 2 is 2.14 bits per heavy atom. The molecular formula is C9H10N2O3. The Hall–Kier alpha value is -1.91. The van der Waals surface area contributed by atoms with Crippen LogP contribution in [0.1, 0.15) is 13.8 Å². The van der Waals surface area contributed by atoms with Crippen LogP contribution in [-0.4, -0.2) is 9.91 Å². The van der Waals surface area contributed by atoms with Gasteiger partial charge in [-0.2, -0.15) is 0 Å². The lowest BCUT2D eigenvalue weighted by Gasteiger charge is -1.89. The van der Waals surface area contributed by atoms with Gasteiger partial charge in [0.2, 0.25) is 0 Å². The number of hydrogen-bond donors (Lipinski definition) is 0. The number of nitrogens with zero attached hydrogens (tertiary/aromatic N) is 2. The van der Waals surface area contributed by atoms with E-state index in [2.05, 4.69) is 4.98 Å². The van der Waals surface area contributed by atoms with Gasteiger partial charge in [0, 0.05) is 6.07 Å². The normalized spacial score (nSPS) is 9.29. The van der Waals surface area contributed by atoms with Crippen LogP contribution in [0.2, 0.25) is 0 Å². The monoisotopic (exact) mass is 194 g/mol. The molecule has 0 spiro atoms. The van der Waals surface area contributed by atoms with Crippen molar-refractivity contribution in [1.29, 1.82) is 0 Å². The third-order valence-electron chi connectivity index (χ3n) is 1.54. The molecule has 0 unspecified atom stereocenters. The Balaban J connectivity index is 0.000000461. The van der Waals surface area contributed by atoms with E-state index < -0.39 is 4.92 Å². The standard InChI is InChI=1S/C7H4N2O3.C2H6/c10-9(11)5-2-1-3-6-7(5)8-4-12-6;1-2/h1-4H;1-2H3. The van der Waals surface area contributed by atoms with Crippen LogP contribution in [0.5, 0.6) is 0 Å². The van der Waals surface area contributed by atoms with Gasteiger partial charge in [-0.05, 0) is 6.07 Å². The summed E-state index contributed by atoms with van der Waals surface area (Å²) in [6.45, 7) is 4.00. The fraction of sp³-hybridized carbons (Fsp3) is 0.222. The predicted octanol–water partition coefficient (Wildman–Crippen LogP) is 2.76. The lowest BCUT2D eigenvalue weighted by Crippen LogP contribution is -1.88. The maximum absolute atomic E-state index is 10.4. The minimum Gasteiger partial charge on any atom is -0.443 e. The zero-order valence-corrected chi connectivity index (χ0v) is 7.93. The Labute approximate surface area is 80.5 Å². The van der Waals surface area contributed by atoms with Crippen molar-refractivity contribution >= 4 is 16.8 Å². The van der Waals surface area contributed by atoms with Crippen molar-refractivity contribution in [2.24, 2.45) is 0 Å². The molecule has 1 aromatic carbocycles. The van der Waals surface area contributed by atoms with Crippen LogP contribution in [-0.2, 0) is 0 Å². The zero-order chi connectivity index (χ0) is 10.6. The molecule has 0 aliphatic heterocycles. The Bertz CT molecular complexity index is 436. The molecule has 14 heavy (non-hydrogen) atoms. The lowest BCUT2D eigenvalue weighted by atomic mass is 10.3. The largest absolute Gasteiger partial charge is 0.443 e. The first-order valence-electron chi connectivity index (χ1n) is 4.25. The third-order valence-corrected chi connectivity index (χ3v) is 1.54. The number of nitro benzene ring substituents is 1. The summed E-state index contributed by atoms with van der Waals surface area (Å²) in [6, 6.07) is 4.59. The first-order chi connectivity index (χ1) is 6.79. The van der Waals surface area contributed by atoms with Gasteiger partial charge in [0.05, 0.1) is 4.92 Å². The van der Waals surface area contributed by atoms with Crippen LogP contribution in [0.15, 0.2) is 29.0 Å². The van der Waals surface area contributed by atoms with Gasteiger partial charge in [-0.15, -0.1) is 0 Å². The first-order valence-corrected chi connectivity index (χ1v) is 4.25. The lowest BCUT2D eigenvalue weighted by molar-refractivity contribution is -0.383. The highest BCUT2D eigenvalue weighted by Gasteiger charge is 2.13. The second kappa shape index (κ2) is 4.36. The average molecular weight is 194 g/mol. The van der Waals surface area contributed by atoms with E-state index in [1.54, 1.807) is 12.1 Å². The highest BCUT2D eigenvalue weighted by atomic mass is 16.6. The molecule has 0 N–H and O–H groups in total. The molecule has 0 bridgehead atoms. The second-order valence-corrected chi connectivity index (χ2v) is 2.23. The summed E-state index contributed by atoms with van der Waals surface area (Å²) < 4.78 is 4.89. The Kier molecular flexibility index (Phi) is 3.17. The molecule has 2 rings (SSSR count).